The molecule has 0 bridgehead atoms. The molecule has 0 heterocycles. The summed E-state index contributed by atoms with van der Waals surface area (Å²) in [7, 11) is 0. The lowest BCUT2D eigenvalue weighted by atomic mass is 10.1. The van der Waals surface area contributed by atoms with E-state index in [-0.39, 0.29) is 12.5 Å². The lowest BCUT2D eigenvalue weighted by molar-refractivity contribution is -0.123. The molecular weight excluding hydrogens is 242 g/mol. The molecule has 4 heteroatoms. The van der Waals surface area contributed by atoms with E-state index < -0.39 is 12.1 Å². The Balaban J connectivity index is 3.98. The number of hydrogen-bond donors (Lipinski definition) is 3. The van der Waals surface area contributed by atoms with Gasteiger partial charge in [-0.15, -0.1) is 0 Å². The van der Waals surface area contributed by atoms with Gasteiger partial charge < -0.3 is 15.5 Å². The van der Waals surface area contributed by atoms with Gasteiger partial charge in [0, 0.05) is 6.42 Å². The summed E-state index contributed by atoms with van der Waals surface area (Å²) in [4.78, 5) is 11.7. The Morgan fingerprint density at radius 1 is 1.21 bits per heavy atom. The molecule has 0 aliphatic rings. The first-order valence-electron chi connectivity index (χ1n) is 7.40. The van der Waals surface area contributed by atoms with Crippen LogP contribution in [-0.4, -0.2) is 34.9 Å². The first kappa shape index (κ1) is 18.1. The van der Waals surface area contributed by atoms with Crippen molar-refractivity contribution in [1.29, 1.82) is 0 Å². The predicted octanol–water partition coefficient (Wildman–Crippen LogP) is 2.15. The topological polar surface area (TPSA) is 69.6 Å². The predicted molar refractivity (Wildman–Crippen MR) is 77.8 cm³/mol. The van der Waals surface area contributed by atoms with E-state index in [0.29, 0.717) is 6.42 Å². The van der Waals surface area contributed by atoms with Crippen LogP contribution in [0.5, 0.6) is 0 Å². The molecule has 3 N–H and O–H groups in total. The zero-order chi connectivity index (χ0) is 14.5. The van der Waals surface area contributed by atoms with E-state index >= 15 is 0 Å². The summed E-state index contributed by atoms with van der Waals surface area (Å²) >= 11 is 0. The van der Waals surface area contributed by atoms with E-state index in [4.69, 9.17) is 0 Å². The highest BCUT2D eigenvalue weighted by Gasteiger charge is 2.17. The molecule has 0 aromatic rings. The summed E-state index contributed by atoms with van der Waals surface area (Å²) in [5, 5.41) is 21.7. The molecule has 2 unspecified atom stereocenters. The molecule has 0 fully saturated rings. The van der Waals surface area contributed by atoms with E-state index in [1.807, 2.05) is 6.08 Å². The van der Waals surface area contributed by atoms with Gasteiger partial charge in [-0.2, -0.15) is 0 Å². The van der Waals surface area contributed by atoms with Gasteiger partial charge in [-0.05, 0) is 12.8 Å². The van der Waals surface area contributed by atoms with Crippen LogP contribution in [0.3, 0.4) is 0 Å². The van der Waals surface area contributed by atoms with Gasteiger partial charge in [-0.3, -0.25) is 4.79 Å². The van der Waals surface area contributed by atoms with Crippen molar-refractivity contribution < 1.29 is 15.0 Å². The second-order valence-corrected chi connectivity index (χ2v) is 4.87. The van der Waals surface area contributed by atoms with Crippen LogP contribution in [0.1, 0.15) is 58.8 Å². The van der Waals surface area contributed by atoms with Crippen molar-refractivity contribution in [2.45, 2.75) is 70.9 Å². The molecule has 0 aromatic carbocycles. The minimum atomic E-state index is -0.823. The van der Waals surface area contributed by atoms with Gasteiger partial charge in [0.05, 0.1) is 18.8 Å². The van der Waals surface area contributed by atoms with Crippen LogP contribution in [-0.2, 0) is 4.79 Å². The number of allylic oxidation sites excluding steroid dienone is 1. The molecule has 0 rings (SSSR count). The van der Waals surface area contributed by atoms with Gasteiger partial charge in [0.25, 0.3) is 0 Å². The van der Waals surface area contributed by atoms with Crippen LogP contribution in [0, 0.1) is 0 Å². The van der Waals surface area contributed by atoms with Crippen molar-refractivity contribution in [2.75, 3.05) is 6.61 Å². The molecule has 4 nitrogen and oxygen atoms in total. The highest BCUT2D eigenvalue weighted by Crippen LogP contribution is 2.04. The molecule has 1 amide bonds. The van der Waals surface area contributed by atoms with E-state index in [1.54, 1.807) is 6.08 Å². The number of hydrogen-bond acceptors (Lipinski definition) is 3. The summed E-state index contributed by atoms with van der Waals surface area (Å²) in [5.74, 6) is -0.0990. The number of rotatable bonds is 11. The van der Waals surface area contributed by atoms with Crippen LogP contribution in [0.4, 0.5) is 0 Å². The van der Waals surface area contributed by atoms with Gasteiger partial charge in [0.1, 0.15) is 0 Å². The van der Waals surface area contributed by atoms with Gasteiger partial charge in [-0.25, -0.2) is 0 Å². The fourth-order valence-corrected chi connectivity index (χ4v) is 1.77. The average Bonchev–Trinajstić information content (AvgIpc) is 2.41. The lowest BCUT2D eigenvalue weighted by Gasteiger charge is -2.19. The highest BCUT2D eigenvalue weighted by molar-refractivity contribution is 5.76. The van der Waals surface area contributed by atoms with E-state index in [1.165, 1.54) is 0 Å². The number of amides is 1. The standard InChI is InChI=1S/C15H29NO3/c1-3-5-7-9-11-15(19)16-13(12-17)14(18)10-8-6-4-2/h8,10,13-14,17-18H,3-7,9,11-12H2,1-2H3,(H,16,19)/b10-8+. The second kappa shape index (κ2) is 12.2. The molecule has 0 spiro atoms. The van der Waals surface area contributed by atoms with Crippen LogP contribution in [0.25, 0.3) is 0 Å². The van der Waals surface area contributed by atoms with Crippen molar-refractivity contribution in [3.63, 3.8) is 0 Å². The summed E-state index contributed by atoms with van der Waals surface area (Å²) in [6, 6.07) is -0.605. The summed E-state index contributed by atoms with van der Waals surface area (Å²) < 4.78 is 0. The van der Waals surface area contributed by atoms with E-state index in [9.17, 15) is 15.0 Å². The molecule has 0 aliphatic heterocycles. The minimum absolute atomic E-state index is 0.0990. The Labute approximate surface area is 116 Å². The Bertz CT molecular complexity index is 254. The molecule has 0 radical (unpaired) electrons. The van der Waals surface area contributed by atoms with E-state index in [2.05, 4.69) is 19.2 Å². The Morgan fingerprint density at radius 2 is 1.95 bits per heavy atom. The van der Waals surface area contributed by atoms with Crippen LogP contribution in [0.2, 0.25) is 0 Å². The molecule has 0 saturated carbocycles. The van der Waals surface area contributed by atoms with Crippen LogP contribution >= 0.6 is 0 Å². The zero-order valence-electron chi connectivity index (χ0n) is 12.3. The summed E-state index contributed by atoms with van der Waals surface area (Å²) in [6.07, 6.45) is 9.24. The molecular formula is C15H29NO3. The van der Waals surface area contributed by atoms with Gasteiger partial charge in [-0.1, -0.05) is 51.7 Å². The number of aliphatic hydroxyl groups is 2. The van der Waals surface area contributed by atoms with Crippen molar-refractivity contribution >= 4 is 5.91 Å². The maximum absolute atomic E-state index is 11.7. The highest BCUT2D eigenvalue weighted by atomic mass is 16.3. The fraction of sp³-hybridized carbons (Fsp3) is 0.800. The van der Waals surface area contributed by atoms with Gasteiger partial charge in [0.15, 0.2) is 0 Å². The Morgan fingerprint density at radius 3 is 2.53 bits per heavy atom. The van der Waals surface area contributed by atoms with E-state index in [0.717, 1.165) is 38.5 Å². The quantitative estimate of drug-likeness (QED) is 0.398. The fourth-order valence-electron chi connectivity index (χ4n) is 1.77. The van der Waals surface area contributed by atoms with Crippen molar-refractivity contribution in [3.8, 4) is 0 Å². The molecule has 0 saturated heterocycles. The Hall–Kier alpha value is -0.870. The van der Waals surface area contributed by atoms with Gasteiger partial charge in [0.2, 0.25) is 5.91 Å². The van der Waals surface area contributed by atoms with Crippen molar-refractivity contribution in [2.24, 2.45) is 0 Å². The third-order valence-corrected chi connectivity index (χ3v) is 3.00. The average molecular weight is 271 g/mol. The van der Waals surface area contributed by atoms with Crippen molar-refractivity contribution in [1.82, 2.24) is 5.32 Å². The maximum Gasteiger partial charge on any atom is 0.220 e. The van der Waals surface area contributed by atoms with Crippen molar-refractivity contribution in [3.05, 3.63) is 12.2 Å². The minimum Gasteiger partial charge on any atom is -0.394 e. The SMILES string of the molecule is CCC/C=C/C(O)C(CO)NC(=O)CCCCCC. The second-order valence-electron chi connectivity index (χ2n) is 4.87. The number of unbranched alkanes of at least 4 members (excludes halogenated alkanes) is 4. The maximum atomic E-state index is 11.7. The molecule has 112 valence electrons. The Kier molecular flexibility index (Phi) is 11.6. The first-order chi connectivity index (χ1) is 9.15. The first-order valence-corrected chi connectivity index (χ1v) is 7.40. The summed E-state index contributed by atoms with van der Waals surface area (Å²) in [6.45, 7) is 3.93. The third kappa shape index (κ3) is 9.68. The van der Waals surface area contributed by atoms with Gasteiger partial charge >= 0.3 is 0 Å². The number of nitrogens with one attached hydrogen (secondary N) is 1. The molecule has 2 atom stereocenters. The third-order valence-electron chi connectivity index (χ3n) is 3.00. The monoisotopic (exact) mass is 271 g/mol. The number of carbonyl (C=O) groups excluding carboxylic acids is 1. The van der Waals surface area contributed by atoms with Crippen LogP contribution < -0.4 is 5.32 Å². The number of aliphatic hydroxyl groups excluding tert-OH is 2. The molecule has 19 heavy (non-hydrogen) atoms. The smallest absolute Gasteiger partial charge is 0.220 e. The molecule has 0 aromatic heterocycles. The number of carbonyl (C=O) groups is 1. The zero-order valence-corrected chi connectivity index (χ0v) is 12.3. The summed E-state index contributed by atoms with van der Waals surface area (Å²) in [5.41, 5.74) is 0. The largest absolute Gasteiger partial charge is 0.394 e. The molecule has 0 aliphatic carbocycles. The normalized spacial score (nSPS) is 14.5. The van der Waals surface area contributed by atoms with Crippen LogP contribution in [0.15, 0.2) is 12.2 Å². The lowest BCUT2D eigenvalue weighted by Crippen LogP contribution is -2.45.